The standard InChI is InChI=1S/C62H63N5O12/c1-37-56(70)46(32-51(77-37)78-49-34-61(75,38(2)68)33-45-53(49)60(74)55-54(58(45)72)57(71)44-24-17-25-48(76-3)52(44)59(55)73)63-35-39-27-29-40(30-28-39)47-36-67(66-64-47)31-16-5-4-15-26-50(69)65-79-62(41-18-9-6-10-19-41,42-20-11-7-12-21-42)43-22-13-8-14-23-43/h6-14,17-25,27-30,36-37,46,49,51,56,63,70,72,74-75H,4-5,15-16,26,31-35H2,1-3H3,(H,65,69)/t37-,46-,49-,51-,56+,61-/m0/s1. The Morgan fingerprint density at radius 3 is 2.06 bits per heavy atom. The van der Waals surface area contributed by atoms with Crippen LogP contribution in [0, 0.1) is 0 Å². The number of aliphatic hydroxyl groups excluding tert-OH is 1. The van der Waals surface area contributed by atoms with E-state index in [2.05, 4.69) is 21.1 Å². The SMILES string of the molecule is COc1cccc2c1C(=O)c1c(O)c3c(c(O)c1C2=O)C[C@@](O)(C(C)=O)C[C@@H]3O[C@H]1C[C@H](NCc2ccc(-c3cn(CCCCCCC(=O)NOC(c4ccccc4)(c4ccccc4)c4ccccc4)nn3)cc2)[C@H](O)[C@H](C)O1. The molecule has 10 rings (SSSR count). The molecule has 0 bridgehead atoms. The van der Waals surface area contributed by atoms with Crippen molar-refractivity contribution in [3.8, 4) is 28.5 Å². The fourth-order valence-corrected chi connectivity index (χ4v) is 11.2. The molecule has 7 aromatic rings. The Kier molecular flexibility index (Phi) is 16.0. The number of nitrogens with zero attached hydrogens (tertiary/aromatic N) is 3. The van der Waals surface area contributed by atoms with Crippen molar-refractivity contribution < 1.29 is 58.7 Å². The number of aromatic nitrogens is 3. The summed E-state index contributed by atoms with van der Waals surface area (Å²) >= 11 is 0. The van der Waals surface area contributed by atoms with E-state index in [9.17, 15) is 39.6 Å². The summed E-state index contributed by atoms with van der Waals surface area (Å²) in [5.74, 6) is -3.47. The van der Waals surface area contributed by atoms with E-state index in [0.717, 1.165) is 47.1 Å². The first-order valence-corrected chi connectivity index (χ1v) is 26.7. The Labute approximate surface area is 457 Å². The summed E-state index contributed by atoms with van der Waals surface area (Å²) in [4.78, 5) is 60.7. The molecule has 17 nitrogen and oxygen atoms in total. The number of Topliss-reactive ketones (excluding diaryl/α,β-unsaturated/α-hetero) is 1. The van der Waals surface area contributed by atoms with Crippen LogP contribution in [0.5, 0.6) is 17.2 Å². The van der Waals surface area contributed by atoms with E-state index >= 15 is 0 Å². The number of carbonyl (C=O) groups excluding carboxylic acids is 4. The van der Waals surface area contributed by atoms with Crippen LogP contribution in [0.25, 0.3) is 11.3 Å². The van der Waals surface area contributed by atoms with Gasteiger partial charge in [0.1, 0.15) is 28.5 Å². The van der Waals surface area contributed by atoms with E-state index in [1.807, 2.05) is 126 Å². The van der Waals surface area contributed by atoms with E-state index in [1.165, 1.54) is 32.2 Å². The Hall–Kier alpha value is -7.90. The number of hydroxylamine groups is 1. The predicted octanol–water partition coefficient (Wildman–Crippen LogP) is 8.11. The van der Waals surface area contributed by atoms with E-state index < -0.39 is 88.2 Å². The molecule has 6 atom stereocenters. The van der Waals surface area contributed by atoms with Crippen LogP contribution in [0.15, 0.2) is 140 Å². The molecule has 1 aliphatic heterocycles. The number of fused-ring (bicyclic) bond motifs is 3. The van der Waals surface area contributed by atoms with Gasteiger partial charge in [-0.15, -0.1) is 5.10 Å². The molecular weight excluding hydrogens is 1010 g/mol. The summed E-state index contributed by atoms with van der Waals surface area (Å²) in [7, 11) is 1.35. The average Bonchev–Trinajstić information content (AvgIpc) is 4.12. The number of ether oxygens (including phenoxy) is 3. The second-order valence-electron chi connectivity index (χ2n) is 20.6. The Balaban J connectivity index is 0.721. The number of phenolic OH excluding ortho intramolecular Hbond substituents is 2. The molecule has 6 aromatic carbocycles. The first kappa shape index (κ1) is 54.5. The van der Waals surface area contributed by atoms with Gasteiger partial charge in [-0.2, -0.15) is 0 Å². The Morgan fingerprint density at radius 2 is 1.43 bits per heavy atom. The van der Waals surface area contributed by atoms with Gasteiger partial charge in [0, 0.05) is 67.1 Å². The molecule has 1 fully saturated rings. The first-order chi connectivity index (χ1) is 38.2. The van der Waals surface area contributed by atoms with E-state index in [0.29, 0.717) is 31.6 Å². The molecule has 1 amide bonds. The highest BCUT2D eigenvalue weighted by molar-refractivity contribution is 6.31. The lowest BCUT2D eigenvalue weighted by Crippen LogP contribution is -2.54. The highest BCUT2D eigenvalue weighted by atomic mass is 16.7. The van der Waals surface area contributed by atoms with Crippen LogP contribution in [0.2, 0.25) is 0 Å². The number of amides is 1. The van der Waals surface area contributed by atoms with Crippen molar-refractivity contribution in [2.24, 2.45) is 0 Å². The largest absolute Gasteiger partial charge is 0.507 e. The van der Waals surface area contributed by atoms with Gasteiger partial charge in [0.2, 0.25) is 11.7 Å². The van der Waals surface area contributed by atoms with E-state index in [-0.39, 0.29) is 46.8 Å². The number of ketones is 3. The van der Waals surface area contributed by atoms with Gasteiger partial charge < -0.3 is 40.0 Å². The third kappa shape index (κ3) is 10.8. The highest BCUT2D eigenvalue weighted by Crippen LogP contribution is 2.53. The zero-order valence-electron chi connectivity index (χ0n) is 44.1. The maximum Gasteiger partial charge on any atom is 0.243 e. The molecular formula is C62H63N5O12. The van der Waals surface area contributed by atoms with Gasteiger partial charge in [0.05, 0.1) is 48.3 Å². The summed E-state index contributed by atoms with van der Waals surface area (Å²) in [5.41, 5.74) is 3.71. The summed E-state index contributed by atoms with van der Waals surface area (Å²) < 4.78 is 19.8. The molecule has 408 valence electrons. The molecule has 3 aliphatic rings. The number of unbranched alkanes of at least 4 members (excludes halogenated alkanes) is 3. The minimum absolute atomic E-state index is 0.0301. The van der Waals surface area contributed by atoms with Crippen molar-refractivity contribution in [1.29, 1.82) is 0 Å². The average molecular weight is 1070 g/mol. The second kappa shape index (κ2) is 23.2. The number of methoxy groups -OCH3 is 1. The molecule has 2 aliphatic carbocycles. The van der Waals surface area contributed by atoms with Crippen LogP contribution in [0.3, 0.4) is 0 Å². The van der Waals surface area contributed by atoms with Gasteiger partial charge in [0.15, 0.2) is 23.5 Å². The number of nitrogens with one attached hydrogen (secondary N) is 2. The van der Waals surface area contributed by atoms with Crippen molar-refractivity contribution in [1.82, 2.24) is 25.8 Å². The number of benzene rings is 6. The molecule has 0 spiro atoms. The van der Waals surface area contributed by atoms with Crippen LogP contribution in [-0.2, 0) is 49.0 Å². The van der Waals surface area contributed by atoms with Gasteiger partial charge in [0.25, 0.3) is 0 Å². The van der Waals surface area contributed by atoms with Gasteiger partial charge in [-0.25, -0.2) is 5.48 Å². The van der Waals surface area contributed by atoms with Gasteiger partial charge in [-0.1, -0.05) is 145 Å². The van der Waals surface area contributed by atoms with Crippen molar-refractivity contribution in [3.05, 3.63) is 195 Å². The smallest absolute Gasteiger partial charge is 0.243 e. The van der Waals surface area contributed by atoms with Crippen molar-refractivity contribution in [2.75, 3.05) is 7.11 Å². The summed E-state index contributed by atoms with van der Waals surface area (Å²) in [6.45, 7) is 3.90. The van der Waals surface area contributed by atoms with E-state index in [1.54, 1.807) is 6.92 Å². The summed E-state index contributed by atoms with van der Waals surface area (Å²) in [6.07, 6.45) is 0.729. The number of hydrogen-bond donors (Lipinski definition) is 6. The molecule has 0 radical (unpaired) electrons. The molecule has 17 heteroatoms. The number of aliphatic hydroxyl groups is 2. The lowest BCUT2D eigenvalue weighted by atomic mass is 9.72. The van der Waals surface area contributed by atoms with Gasteiger partial charge in [-0.05, 0) is 55.0 Å². The Bertz CT molecular complexity index is 3260. The van der Waals surface area contributed by atoms with Crippen LogP contribution in [0.1, 0.15) is 130 Å². The molecule has 2 heterocycles. The number of aromatic hydroxyl groups is 2. The zero-order chi connectivity index (χ0) is 55.4. The number of rotatable bonds is 20. The summed E-state index contributed by atoms with van der Waals surface area (Å²) in [6, 6.07) is 41.4. The van der Waals surface area contributed by atoms with Gasteiger partial charge in [-0.3, -0.25) is 28.7 Å². The maximum absolute atomic E-state index is 14.1. The Morgan fingerprint density at radius 1 is 0.797 bits per heavy atom. The third-order valence-electron chi connectivity index (χ3n) is 15.5. The molecule has 0 saturated carbocycles. The lowest BCUT2D eigenvalue weighted by Gasteiger charge is -2.43. The molecule has 6 N–H and O–H groups in total. The molecule has 0 unspecified atom stereocenters. The van der Waals surface area contributed by atoms with Crippen LogP contribution in [0.4, 0.5) is 0 Å². The number of hydrogen-bond acceptors (Lipinski definition) is 15. The van der Waals surface area contributed by atoms with E-state index in [4.69, 9.17) is 19.0 Å². The van der Waals surface area contributed by atoms with Crippen molar-refractivity contribution in [2.45, 2.75) is 120 Å². The molecule has 1 aromatic heterocycles. The van der Waals surface area contributed by atoms with Crippen LogP contribution < -0.4 is 15.5 Å². The lowest BCUT2D eigenvalue weighted by molar-refractivity contribution is -0.249. The van der Waals surface area contributed by atoms with Crippen molar-refractivity contribution in [3.63, 3.8) is 0 Å². The predicted molar refractivity (Wildman–Crippen MR) is 290 cm³/mol. The zero-order valence-corrected chi connectivity index (χ0v) is 44.1. The highest BCUT2D eigenvalue weighted by Gasteiger charge is 2.50. The molecule has 1 saturated heterocycles. The minimum Gasteiger partial charge on any atom is -0.507 e. The number of aryl methyl sites for hydroxylation is 1. The minimum atomic E-state index is -2.07. The maximum atomic E-state index is 14.1. The quantitative estimate of drug-likeness (QED) is 0.0183. The third-order valence-corrected chi connectivity index (χ3v) is 15.5. The summed E-state index contributed by atoms with van der Waals surface area (Å²) in [5, 5.41) is 58.8. The van der Waals surface area contributed by atoms with Crippen LogP contribution >= 0.6 is 0 Å². The normalized spacial score (nSPS) is 20.7. The van der Waals surface area contributed by atoms with Crippen LogP contribution in [-0.4, -0.2) is 95.9 Å². The fraction of sp³-hybridized carbons (Fsp3) is 0.323. The van der Waals surface area contributed by atoms with Gasteiger partial charge >= 0.3 is 0 Å². The fourth-order valence-electron chi connectivity index (χ4n) is 11.2. The number of phenols is 2. The monoisotopic (exact) mass is 1070 g/mol. The molecule has 79 heavy (non-hydrogen) atoms. The first-order valence-electron chi connectivity index (χ1n) is 26.7. The second-order valence-corrected chi connectivity index (χ2v) is 20.6. The topological polar surface area (TPSA) is 241 Å². The van der Waals surface area contributed by atoms with Crippen molar-refractivity contribution >= 4 is 23.3 Å². The number of carbonyl (C=O) groups is 4.